The van der Waals surface area contributed by atoms with Crippen LogP contribution in [0.15, 0.2) is 36.8 Å². The van der Waals surface area contributed by atoms with E-state index in [1.165, 1.54) is 0 Å². The molecule has 1 N–H and O–H groups in total. The van der Waals surface area contributed by atoms with Crippen molar-refractivity contribution in [3.63, 3.8) is 0 Å². The lowest BCUT2D eigenvalue weighted by atomic mass is 10.2. The van der Waals surface area contributed by atoms with Crippen LogP contribution in [0.5, 0.6) is 0 Å². The monoisotopic (exact) mass is 209 g/mol. The summed E-state index contributed by atoms with van der Waals surface area (Å²) in [5, 5.41) is 20.6. The maximum Gasteiger partial charge on any atom is 0.103 e. The molecule has 16 heavy (non-hydrogen) atoms. The average Bonchev–Trinajstić information content (AvgIpc) is 2.96. The second kappa shape index (κ2) is 3.21. The van der Waals surface area contributed by atoms with Crippen molar-refractivity contribution in [1.29, 1.82) is 5.26 Å². The zero-order valence-electron chi connectivity index (χ0n) is 8.25. The van der Waals surface area contributed by atoms with Crippen LogP contribution in [0.25, 0.3) is 16.6 Å². The third kappa shape index (κ3) is 1.17. The number of hydrogen-bond acceptors (Lipinski definition) is 3. The Hall–Kier alpha value is -2.61. The topological polar surface area (TPSA) is 70.3 Å². The molecule has 2 aromatic heterocycles. The molecule has 0 aliphatic carbocycles. The molecule has 76 valence electrons. The number of rotatable bonds is 1. The first kappa shape index (κ1) is 8.68. The molecule has 0 bridgehead atoms. The van der Waals surface area contributed by atoms with Crippen LogP contribution in [0, 0.1) is 11.3 Å². The first-order valence-corrected chi connectivity index (χ1v) is 4.75. The molecule has 0 unspecified atom stereocenters. The van der Waals surface area contributed by atoms with Crippen molar-refractivity contribution in [2.45, 2.75) is 0 Å². The van der Waals surface area contributed by atoms with Gasteiger partial charge in [0.05, 0.1) is 29.5 Å². The summed E-state index contributed by atoms with van der Waals surface area (Å²) in [6, 6.07) is 7.59. The Morgan fingerprint density at radius 3 is 3.00 bits per heavy atom. The second-order valence-electron chi connectivity index (χ2n) is 3.40. The van der Waals surface area contributed by atoms with Crippen LogP contribution in [0.4, 0.5) is 0 Å². The molecule has 0 amide bonds. The Kier molecular flexibility index (Phi) is 1.74. The first-order valence-electron chi connectivity index (χ1n) is 4.75. The van der Waals surface area contributed by atoms with Gasteiger partial charge in [-0.2, -0.15) is 15.5 Å². The minimum Gasteiger partial charge on any atom is -0.283 e. The number of hydrogen-bond donors (Lipinski definition) is 1. The van der Waals surface area contributed by atoms with E-state index < -0.39 is 0 Å². The Morgan fingerprint density at radius 2 is 2.25 bits per heavy atom. The fourth-order valence-electron chi connectivity index (χ4n) is 1.67. The molecule has 0 atom stereocenters. The standard InChI is InChI=1S/C11H7N5/c12-4-8-1-2-11-9(3-8)5-15-16(11)10-6-13-14-7-10/h1-3,5-7H,(H,13,14). The summed E-state index contributed by atoms with van der Waals surface area (Å²) >= 11 is 0. The molecule has 5 heteroatoms. The Labute approximate surface area is 90.9 Å². The molecule has 1 aromatic carbocycles. The summed E-state index contributed by atoms with van der Waals surface area (Å²) in [5.74, 6) is 0. The molecule has 0 aliphatic rings. The fraction of sp³-hybridized carbons (Fsp3) is 0. The van der Waals surface area contributed by atoms with Gasteiger partial charge in [-0.15, -0.1) is 0 Å². The Bertz CT molecular complexity index is 672. The second-order valence-corrected chi connectivity index (χ2v) is 3.40. The van der Waals surface area contributed by atoms with Crippen LogP contribution in [0.2, 0.25) is 0 Å². The Balaban J connectivity index is 2.26. The molecule has 3 rings (SSSR count). The highest BCUT2D eigenvalue weighted by molar-refractivity contribution is 5.81. The SMILES string of the molecule is N#Cc1ccc2c(cnn2-c2cn[nH]c2)c1. The number of aromatic amines is 1. The highest BCUT2D eigenvalue weighted by Gasteiger charge is 2.05. The predicted octanol–water partition coefficient (Wildman–Crippen LogP) is 1.62. The summed E-state index contributed by atoms with van der Waals surface area (Å²) in [6.45, 7) is 0. The van der Waals surface area contributed by atoms with E-state index in [-0.39, 0.29) is 0 Å². The van der Waals surface area contributed by atoms with Gasteiger partial charge >= 0.3 is 0 Å². The van der Waals surface area contributed by atoms with Crippen molar-refractivity contribution in [2.24, 2.45) is 0 Å². The quantitative estimate of drug-likeness (QED) is 0.662. The smallest absolute Gasteiger partial charge is 0.103 e. The molecule has 2 heterocycles. The highest BCUT2D eigenvalue weighted by Crippen LogP contribution is 2.18. The van der Waals surface area contributed by atoms with Crippen molar-refractivity contribution < 1.29 is 0 Å². The van der Waals surface area contributed by atoms with Crippen molar-refractivity contribution >= 4 is 10.9 Å². The third-order valence-electron chi connectivity index (χ3n) is 2.43. The van der Waals surface area contributed by atoms with E-state index in [0.717, 1.165) is 16.6 Å². The van der Waals surface area contributed by atoms with E-state index in [2.05, 4.69) is 21.4 Å². The maximum atomic E-state index is 8.80. The minimum atomic E-state index is 0.638. The van der Waals surface area contributed by atoms with E-state index >= 15 is 0 Å². The van der Waals surface area contributed by atoms with Crippen molar-refractivity contribution in [1.82, 2.24) is 20.0 Å². The van der Waals surface area contributed by atoms with E-state index in [4.69, 9.17) is 5.26 Å². The number of aromatic nitrogens is 4. The van der Waals surface area contributed by atoms with Crippen LogP contribution >= 0.6 is 0 Å². The summed E-state index contributed by atoms with van der Waals surface area (Å²) in [7, 11) is 0. The molecule has 3 aromatic rings. The van der Waals surface area contributed by atoms with Crippen LogP contribution in [-0.2, 0) is 0 Å². The fourth-order valence-corrected chi connectivity index (χ4v) is 1.67. The molecular formula is C11H7N5. The molecule has 5 nitrogen and oxygen atoms in total. The van der Waals surface area contributed by atoms with Crippen LogP contribution in [0.1, 0.15) is 5.56 Å². The van der Waals surface area contributed by atoms with Crippen molar-refractivity contribution in [3.05, 3.63) is 42.4 Å². The predicted molar refractivity (Wildman–Crippen MR) is 57.9 cm³/mol. The Morgan fingerprint density at radius 1 is 1.31 bits per heavy atom. The van der Waals surface area contributed by atoms with Gasteiger partial charge in [0.2, 0.25) is 0 Å². The lowest BCUT2D eigenvalue weighted by Gasteiger charge is -1.98. The molecule has 0 saturated carbocycles. The van der Waals surface area contributed by atoms with E-state index in [9.17, 15) is 0 Å². The van der Waals surface area contributed by atoms with Gasteiger partial charge in [0.25, 0.3) is 0 Å². The largest absolute Gasteiger partial charge is 0.283 e. The molecule has 0 fully saturated rings. The number of fused-ring (bicyclic) bond motifs is 1. The van der Waals surface area contributed by atoms with Crippen LogP contribution in [0.3, 0.4) is 0 Å². The van der Waals surface area contributed by atoms with Gasteiger partial charge in [-0.25, -0.2) is 4.68 Å². The molecular weight excluding hydrogens is 202 g/mol. The molecule has 0 spiro atoms. The van der Waals surface area contributed by atoms with E-state index in [0.29, 0.717) is 5.56 Å². The van der Waals surface area contributed by atoms with Gasteiger partial charge in [-0.05, 0) is 18.2 Å². The summed E-state index contributed by atoms with van der Waals surface area (Å²) in [6.07, 6.45) is 5.21. The van der Waals surface area contributed by atoms with Gasteiger partial charge in [0.1, 0.15) is 5.69 Å². The number of nitrogens with zero attached hydrogens (tertiary/aromatic N) is 4. The van der Waals surface area contributed by atoms with Crippen LogP contribution in [-0.4, -0.2) is 20.0 Å². The molecule has 0 aliphatic heterocycles. The maximum absolute atomic E-state index is 8.80. The number of nitrogens with one attached hydrogen (secondary N) is 1. The summed E-state index contributed by atoms with van der Waals surface area (Å²) in [4.78, 5) is 0. The summed E-state index contributed by atoms with van der Waals surface area (Å²) in [5.41, 5.74) is 2.47. The van der Waals surface area contributed by atoms with Crippen molar-refractivity contribution in [3.8, 4) is 11.8 Å². The zero-order valence-corrected chi connectivity index (χ0v) is 8.25. The lowest BCUT2D eigenvalue weighted by Crippen LogP contribution is -1.93. The van der Waals surface area contributed by atoms with E-state index in [1.54, 1.807) is 29.3 Å². The molecule has 0 saturated heterocycles. The minimum absolute atomic E-state index is 0.638. The number of benzene rings is 1. The molecule has 0 radical (unpaired) electrons. The average molecular weight is 209 g/mol. The zero-order chi connectivity index (χ0) is 11.0. The lowest BCUT2D eigenvalue weighted by molar-refractivity contribution is 0.912. The summed E-state index contributed by atoms with van der Waals surface area (Å²) < 4.78 is 1.78. The normalized spacial score (nSPS) is 10.4. The number of nitriles is 1. The highest BCUT2D eigenvalue weighted by atomic mass is 15.3. The van der Waals surface area contributed by atoms with Gasteiger partial charge in [0.15, 0.2) is 0 Å². The van der Waals surface area contributed by atoms with Gasteiger partial charge in [-0.3, -0.25) is 5.10 Å². The number of H-pyrrole nitrogens is 1. The van der Waals surface area contributed by atoms with Crippen molar-refractivity contribution in [2.75, 3.05) is 0 Å². The third-order valence-corrected chi connectivity index (χ3v) is 2.43. The van der Waals surface area contributed by atoms with Gasteiger partial charge in [-0.1, -0.05) is 0 Å². The van der Waals surface area contributed by atoms with Gasteiger partial charge in [0, 0.05) is 11.6 Å². The van der Waals surface area contributed by atoms with E-state index in [1.807, 2.05) is 12.1 Å². The van der Waals surface area contributed by atoms with Gasteiger partial charge < -0.3 is 0 Å². The van der Waals surface area contributed by atoms with Crippen LogP contribution < -0.4 is 0 Å². The first-order chi connectivity index (χ1) is 7.88.